The van der Waals surface area contributed by atoms with Crippen LogP contribution < -0.4 is 9.47 Å². The van der Waals surface area contributed by atoms with Gasteiger partial charge in [-0.15, -0.1) is 11.3 Å². The second-order valence-electron chi connectivity index (χ2n) is 12.4. The van der Waals surface area contributed by atoms with E-state index >= 15 is 0 Å². The molecular formula is C31H45NO6SSi. The Hall–Kier alpha value is -2.46. The van der Waals surface area contributed by atoms with Gasteiger partial charge in [-0.05, 0) is 73.3 Å². The van der Waals surface area contributed by atoms with Crippen LogP contribution in [-0.2, 0) is 15.6 Å². The van der Waals surface area contributed by atoms with Gasteiger partial charge in [-0.1, -0.05) is 34.6 Å². The highest BCUT2D eigenvalue weighted by atomic mass is 32.1. The van der Waals surface area contributed by atoms with Gasteiger partial charge in [0, 0.05) is 18.6 Å². The maximum absolute atomic E-state index is 12.0. The third-order valence-corrected chi connectivity index (χ3v) is 13.1. The van der Waals surface area contributed by atoms with E-state index in [-0.39, 0.29) is 16.7 Å². The number of nitrogens with zero attached hydrogens (tertiary/aromatic N) is 1. The molecule has 2 unspecified atom stereocenters. The first-order valence-electron chi connectivity index (χ1n) is 13.7. The largest absolute Gasteiger partial charge is 0.496 e. The predicted octanol–water partition coefficient (Wildman–Crippen LogP) is 7.98. The minimum atomic E-state index is -2.28. The Labute approximate surface area is 244 Å². The van der Waals surface area contributed by atoms with Crippen molar-refractivity contribution in [1.29, 1.82) is 0 Å². The Morgan fingerprint density at radius 1 is 1.05 bits per heavy atom. The molecule has 0 saturated carbocycles. The molecule has 0 aliphatic carbocycles. The fraction of sp³-hybridized carbons (Fsp3) is 0.548. The number of aryl methyl sites for hydroxylation is 1. The lowest BCUT2D eigenvalue weighted by Crippen LogP contribution is -2.45. The number of rotatable bonds is 12. The monoisotopic (exact) mass is 587 g/mol. The van der Waals surface area contributed by atoms with Crippen molar-refractivity contribution in [2.75, 3.05) is 20.8 Å². The number of hydrogen-bond acceptors (Lipinski definition) is 7. The molecule has 0 spiro atoms. The lowest BCUT2D eigenvalue weighted by molar-refractivity contribution is -0.0416. The topological polar surface area (TPSA) is 87.1 Å². The molecule has 0 aliphatic rings. The molecular weight excluding hydrogens is 542 g/mol. The SMILES string of the molecule is COc1cc(C(O[Si](C)(C)C(C)(C)C)C(Cc2nc3c(C(=O)O)cc(C)cc3s2)OCC(C)C)cc(OC)c1C. The molecule has 2 aromatic carbocycles. The fourth-order valence-electron chi connectivity index (χ4n) is 4.33. The summed E-state index contributed by atoms with van der Waals surface area (Å²) in [6.45, 7) is 19.8. The van der Waals surface area contributed by atoms with E-state index in [0.717, 1.165) is 37.9 Å². The second kappa shape index (κ2) is 12.6. The van der Waals surface area contributed by atoms with Crippen LogP contribution in [-0.4, -0.2) is 51.3 Å². The average Bonchev–Trinajstić information content (AvgIpc) is 3.26. The summed E-state index contributed by atoms with van der Waals surface area (Å²) in [7, 11) is 1.04. The number of thiazole rings is 1. The van der Waals surface area contributed by atoms with Crippen molar-refractivity contribution in [3.05, 3.63) is 51.5 Å². The molecule has 1 aromatic heterocycles. The number of aromatic nitrogens is 1. The van der Waals surface area contributed by atoms with E-state index < -0.39 is 20.4 Å². The van der Waals surface area contributed by atoms with E-state index in [4.69, 9.17) is 23.6 Å². The molecule has 40 heavy (non-hydrogen) atoms. The Bertz CT molecular complexity index is 1320. The van der Waals surface area contributed by atoms with Crippen LogP contribution in [0.4, 0.5) is 0 Å². The van der Waals surface area contributed by atoms with E-state index in [9.17, 15) is 9.90 Å². The van der Waals surface area contributed by atoms with Gasteiger partial charge in [0.15, 0.2) is 8.32 Å². The number of methoxy groups -OCH3 is 2. The van der Waals surface area contributed by atoms with Gasteiger partial charge in [-0.3, -0.25) is 0 Å². The van der Waals surface area contributed by atoms with Crippen LogP contribution in [0.25, 0.3) is 10.2 Å². The van der Waals surface area contributed by atoms with Gasteiger partial charge >= 0.3 is 5.97 Å². The van der Waals surface area contributed by atoms with Crippen molar-refractivity contribution in [2.24, 2.45) is 5.92 Å². The van der Waals surface area contributed by atoms with Crippen molar-refractivity contribution < 1.29 is 28.5 Å². The highest BCUT2D eigenvalue weighted by Gasteiger charge is 2.42. The molecule has 3 rings (SSSR count). The van der Waals surface area contributed by atoms with Gasteiger partial charge < -0.3 is 23.7 Å². The summed E-state index contributed by atoms with van der Waals surface area (Å²) in [5.41, 5.74) is 3.47. The minimum Gasteiger partial charge on any atom is -0.496 e. The summed E-state index contributed by atoms with van der Waals surface area (Å²) in [6.07, 6.45) is -0.318. The van der Waals surface area contributed by atoms with Gasteiger partial charge in [0.2, 0.25) is 0 Å². The highest BCUT2D eigenvalue weighted by molar-refractivity contribution is 7.18. The summed E-state index contributed by atoms with van der Waals surface area (Å²) in [5, 5.41) is 10.6. The normalized spacial score (nSPS) is 14.0. The van der Waals surface area contributed by atoms with Gasteiger partial charge in [0.1, 0.15) is 11.5 Å². The Balaban J connectivity index is 2.18. The number of carboxylic acids is 1. The average molecular weight is 588 g/mol. The van der Waals surface area contributed by atoms with Crippen molar-refractivity contribution in [2.45, 2.75) is 85.2 Å². The fourth-order valence-corrected chi connectivity index (χ4v) is 6.74. The third-order valence-electron chi connectivity index (χ3n) is 7.60. The molecule has 3 aromatic rings. The van der Waals surface area contributed by atoms with Gasteiger partial charge in [-0.2, -0.15) is 0 Å². The van der Waals surface area contributed by atoms with Crippen molar-refractivity contribution >= 4 is 35.8 Å². The second-order valence-corrected chi connectivity index (χ2v) is 18.3. The molecule has 0 saturated heterocycles. The van der Waals surface area contributed by atoms with Crippen LogP contribution in [0.15, 0.2) is 24.3 Å². The molecule has 220 valence electrons. The molecule has 1 heterocycles. The van der Waals surface area contributed by atoms with Crippen LogP contribution in [0.5, 0.6) is 11.5 Å². The van der Waals surface area contributed by atoms with E-state index in [1.54, 1.807) is 20.3 Å². The van der Waals surface area contributed by atoms with Crippen LogP contribution >= 0.6 is 11.3 Å². The molecule has 2 atom stereocenters. The zero-order valence-corrected chi connectivity index (χ0v) is 27.6. The van der Waals surface area contributed by atoms with Gasteiger partial charge in [0.05, 0.1) is 47.2 Å². The van der Waals surface area contributed by atoms with E-state index in [1.807, 2.05) is 32.0 Å². The smallest absolute Gasteiger partial charge is 0.337 e. The Morgan fingerprint density at radius 2 is 1.65 bits per heavy atom. The molecule has 0 fully saturated rings. The Kier molecular flexibility index (Phi) is 10.1. The van der Waals surface area contributed by atoms with Crippen LogP contribution in [0, 0.1) is 19.8 Å². The number of ether oxygens (including phenoxy) is 3. The van der Waals surface area contributed by atoms with Crippen molar-refractivity contribution in [1.82, 2.24) is 4.98 Å². The summed E-state index contributed by atoms with van der Waals surface area (Å²) in [5.74, 6) is 0.788. The summed E-state index contributed by atoms with van der Waals surface area (Å²) < 4.78 is 26.1. The first-order valence-corrected chi connectivity index (χ1v) is 17.5. The number of carbonyl (C=O) groups is 1. The van der Waals surface area contributed by atoms with Gasteiger partial charge in [0.25, 0.3) is 0 Å². The minimum absolute atomic E-state index is 0.0313. The lowest BCUT2D eigenvalue weighted by atomic mass is 9.99. The quantitative estimate of drug-likeness (QED) is 0.215. The lowest BCUT2D eigenvalue weighted by Gasteiger charge is -2.41. The molecule has 0 bridgehead atoms. The van der Waals surface area contributed by atoms with E-state index in [1.165, 1.54) is 11.3 Å². The number of fused-ring (bicyclic) bond motifs is 1. The molecule has 7 nitrogen and oxygen atoms in total. The first-order chi connectivity index (χ1) is 18.6. The third kappa shape index (κ3) is 7.24. The van der Waals surface area contributed by atoms with Gasteiger partial charge in [-0.25, -0.2) is 9.78 Å². The summed E-state index contributed by atoms with van der Waals surface area (Å²) in [4.78, 5) is 16.8. The highest BCUT2D eigenvalue weighted by Crippen LogP contribution is 2.43. The number of aromatic carboxylic acids is 1. The van der Waals surface area contributed by atoms with Crippen molar-refractivity contribution in [3.8, 4) is 11.5 Å². The number of carboxylic acid groups (broad SMARTS) is 1. The molecule has 0 radical (unpaired) electrons. The van der Waals surface area contributed by atoms with E-state index in [0.29, 0.717) is 24.5 Å². The van der Waals surface area contributed by atoms with Crippen molar-refractivity contribution in [3.63, 3.8) is 0 Å². The summed E-state index contributed by atoms with van der Waals surface area (Å²) in [6, 6.07) is 7.71. The van der Waals surface area contributed by atoms with E-state index in [2.05, 4.69) is 47.7 Å². The standard InChI is InChI=1S/C31H45NO6SSi/c1-18(2)17-37-25(16-27-32-28-22(30(33)34)12-19(3)13-26(28)39-27)29(38-40(10,11)31(5,6)7)21-14-23(35-8)20(4)24(15-21)36-9/h12-15,18,25,29H,16-17H2,1-11H3,(H,33,34). The zero-order chi connectivity index (χ0) is 30.0. The van der Waals surface area contributed by atoms with Crippen LogP contribution in [0.1, 0.15) is 72.8 Å². The summed E-state index contributed by atoms with van der Waals surface area (Å²) >= 11 is 1.51. The Morgan fingerprint density at radius 3 is 2.15 bits per heavy atom. The zero-order valence-electron chi connectivity index (χ0n) is 25.8. The molecule has 1 N–H and O–H groups in total. The number of benzene rings is 2. The van der Waals surface area contributed by atoms with Crippen LogP contribution in [0.2, 0.25) is 18.1 Å². The maximum atomic E-state index is 12.0. The van der Waals surface area contributed by atoms with Crippen LogP contribution in [0.3, 0.4) is 0 Å². The molecule has 0 amide bonds. The maximum Gasteiger partial charge on any atom is 0.337 e. The predicted molar refractivity (Wildman–Crippen MR) is 165 cm³/mol. The molecule has 9 heteroatoms. The molecule has 0 aliphatic heterocycles. The number of hydrogen-bond donors (Lipinski definition) is 1. The first kappa shape index (κ1) is 32.1.